The monoisotopic (exact) mass is 417 g/mol. The van der Waals surface area contributed by atoms with Crippen LogP contribution < -0.4 is 15.0 Å². The minimum absolute atomic E-state index is 0.0604. The summed E-state index contributed by atoms with van der Waals surface area (Å²) in [6, 6.07) is 9.19. The number of nitrogens with one attached hydrogen (secondary N) is 1. The number of carbonyl (C=O) groups is 1. The normalized spacial score (nSPS) is 14.9. The summed E-state index contributed by atoms with van der Waals surface area (Å²) in [7, 11) is 1.64. The zero-order valence-corrected chi connectivity index (χ0v) is 16.8. The van der Waals surface area contributed by atoms with Gasteiger partial charge in [0.1, 0.15) is 17.4 Å². The Kier molecular flexibility index (Phi) is 5.62. The van der Waals surface area contributed by atoms with Gasteiger partial charge in [0, 0.05) is 37.2 Å². The second-order valence-corrected chi connectivity index (χ2v) is 8.05. The van der Waals surface area contributed by atoms with Gasteiger partial charge in [0.05, 0.1) is 17.3 Å². The summed E-state index contributed by atoms with van der Waals surface area (Å²) >= 11 is 1.62. The summed E-state index contributed by atoms with van der Waals surface area (Å²) in [4.78, 5) is 19.3. The number of benzene rings is 2. The molecule has 0 saturated carbocycles. The molecule has 3 aromatic rings. The summed E-state index contributed by atoms with van der Waals surface area (Å²) < 4.78 is 33.0. The fourth-order valence-electron chi connectivity index (χ4n) is 3.48. The third-order valence-electron chi connectivity index (χ3n) is 5.19. The van der Waals surface area contributed by atoms with Crippen LogP contribution >= 0.6 is 11.3 Å². The van der Waals surface area contributed by atoms with Gasteiger partial charge in [0.2, 0.25) is 5.91 Å². The minimum atomic E-state index is -0.646. The number of nitrogens with zero attached hydrogens (tertiary/aromatic N) is 2. The molecule has 0 spiro atoms. The van der Waals surface area contributed by atoms with E-state index in [0.717, 1.165) is 40.3 Å². The van der Waals surface area contributed by atoms with Crippen molar-refractivity contribution in [3.63, 3.8) is 0 Å². The number of hydrogen-bond donors (Lipinski definition) is 1. The lowest BCUT2D eigenvalue weighted by atomic mass is 9.96. The van der Waals surface area contributed by atoms with Crippen LogP contribution in [-0.4, -0.2) is 31.1 Å². The van der Waals surface area contributed by atoms with Crippen molar-refractivity contribution in [1.82, 2.24) is 10.3 Å². The van der Waals surface area contributed by atoms with Gasteiger partial charge in [0.15, 0.2) is 5.13 Å². The van der Waals surface area contributed by atoms with Crippen molar-refractivity contribution in [3.8, 4) is 5.75 Å². The Morgan fingerprint density at radius 2 is 2.03 bits per heavy atom. The summed E-state index contributed by atoms with van der Waals surface area (Å²) in [5.74, 6) is -0.682. The van der Waals surface area contributed by atoms with Gasteiger partial charge in [0.25, 0.3) is 0 Å². The van der Waals surface area contributed by atoms with E-state index in [0.29, 0.717) is 12.8 Å². The van der Waals surface area contributed by atoms with Crippen LogP contribution in [0.4, 0.5) is 13.9 Å². The van der Waals surface area contributed by atoms with Crippen LogP contribution in [0.25, 0.3) is 10.2 Å². The van der Waals surface area contributed by atoms with Crippen LogP contribution in [0.1, 0.15) is 18.4 Å². The lowest BCUT2D eigenvalue weighted by molar-refractivity contribution is -0.125. The molecule has 8 heteroatoms. The number of amides is 1. The van der Waals surface area contributed by atoms with Crippen LogP contribution in [0.3, 0.4) is 0 Å². The van der Waals surface area contributed by atoms with Crippen LogP contribution in [0.2, 0.25) is 0 Å². The molecule has 2 heterocycles. The molecule has 2 aromatic carbocycles. The number of carbonyl (C=O) groups excluding carboxylic acids is 1. The van der Waals surface area contributed by atoms with E-state index in [2.05, 4.69) is 10.2 Å². The van der Waals surface area contributed by atoms with E-state index in [9.17, 15) is 13.6 Å². The molecule has 29 heavy (non-hydrogen) atoms. The molecule has 1 amide bonds. The number of rotatable bonds is 5. The molecule has 4 rings (SSSR count). The van der Waals surface area contributed by atoms with E-state index in [4.69, 9.17) is 9.72 Å². The lowest BCUT2D eigenvalue weighted by Crippen LogP contribution is -2.40. The first-order valence-corrected chi connectivity index (χ1v) is 10.3. The number of thiazole rings is 1. The van der Waals surface area contributed by atoms with Gasteiger partial charge < -0.3 is 15.0 Å². The number of ether oxygens (including phenoxy) is 1. The molecule has 152 valence electrons. The first kappa shape index (κ1) is 19.6. The molecule has 0 bridgehead atoms. The summed E-state index contributed by atoms with van der Waals surface area (Å²) in [6.07, 6.45) is 1.41. The van der Waals surface area contributed by atoms with Crippen molar-refractivity contribution in [2.45, 2.75) is 19.4 Å². The van der Waals surface area contributed by atoms with Crippen LogP contribution in [0.15, 0.2) is 36.4 Å². The molecule has 0 aliphatic carbocycles. The predicted octanol–water partition coefficient (Wildman–Crippen LogP) is 4.12. The third kappa shape index (κ3) is 4.32. The summed E-state index contributed by atoms with van der Waals surface area (Å²) in [5, 5.41) is 3.72. The maximum absolute atomic E-state index is 13.7. The summed E-state index contributed by atoms with van der Waals surface area (Å²) in [5.41, 5.74) is 1.22. The number of piperidine rings is 1. The highest BCUT2D eigenvalue weighted by Gasteiger charge is 2.26. The van der Waals surface area contributed by atoms with E-state index in [1.165, 1.54) is 12.1 Å². The molecule has 1 fully saturated rings. The van der Waals surface area contributed by atoms with E-state index in [1.54, 1.807) is 18.4 Å². The molecule has 1 saturated heterocycles. The Morgan fingerprint density at radius 1 is 1.24 bits per heavy atom. The molecule has 1 aliphatic heterocycles. The molecule has 0 atom stereocenters. The van der Waals surface area contributed by atoms with Crippen molar-refractivity contribution < 1.29 is 18.3 Å². The molecule has 1 aromatic heterocycles. The van der Waals surface area contributed by atoms with Crippen LogP contribution in [0.5, 0.6) is 5.75 Å². The van der Waals surface area contributed by atoms with E-state index in [-0.39, 0.29) is 23.9 Å². The number of aromatic nitrogens is 1. The predicted molar refractivity (Wildman–Crippen MR) is 109 cm³/mol. The second kappa shape index (κ2) is 8.32. The Balaban J connectivity index is 1.33. The lowest BCUT2D eigenvalue weighted by Gasteiger charge is -2.31. The third-order valence-corrected chi connectivity index (χ3v) is 6.27. The van der Waals surface area contributed by atoms with Gasteiger partial charge in [-0.05, 0) is 37.1 Å². The van der Waals surface area contributed by atoms with Crippen LogP contribution in [0, 0.1) is 17.6 Å². The zero-order chi connectivity index (χ0) is 20.4. The standard InChI is InChI=1S/C21H21F2N3O2S/c1-28-16-4-5-18-19(11-16)29-21(25-18)26-8-6-13(7-9-26)20(27)24-12-14-2-3-15(22)10-17(14)23/h2-5,10-11,13H,6-9,12H2,1H3,(H,24,27). The van der Waals surface area contributed by atoms with Crippen molar-refractivity contribution in [3.05, 3.63) is 53.6 Å². The molecule has 0 radical (unpaired) electrons. The number of hydrogen-bond acceptors (Lipinski definition) is 5. The quantitative estimate of drug-likeness (QED) is 0.679. The minimum Gasteiger partial charge on any atom is -0.497 e. The smallest absolute Gasteiger partial charge is 0.223 e. The molecule has 1 N–H and O–H groups in total. The van der Waals surface area contributed by atoms with E-state index in [1.807, 2.05) is 18.2 Å². The molecule has 5 nitrogen and oxygen atoms in total. The van der Waals surface area contributed by atoms with Gasteiger partial charge in [-0.15, -0.1) is 0 Å². The maximum Gasteiger partial charge on any atom is 0.223 e. The van der Waals surface area contributed by atoms with Gasteiger partial charge in [-0.1, -0.05) is 17.4 Å². The fourth-order valence-corrected chi connectivity index (χ4v) is 4.53. The largest absolute Gasteiger partial charge is 0.497 e. The van der Waals surface area contributed by atoms with Crippen molar-refractivity contribution in [1.29, 1.82) is 0 Å². The Bertz CT molecular complexity index is 1030. The highest BCUT2D eigenvalue weighted by Crippen LogP contribution is 2.33. The zero-order valence-electron chi connectivity index (χ0n) is 16.0. The topological polar surface area (TPSA) is 54.5 Å². The Hall–Kier alpha value is -2.74. The number of anilines is 1. The highest BCUT2D eigenvalue weighted by molar-refractivity contribution is 7.22. The molecular formula is C21H21F2N3O2S. The number of methoxy groups -OCH3 is 1. The molecule has 0 unspecified atom stereocenters. The average molecular weight is 417 g/mol. The fraction of sp³-hybridized carbons (Fsp3) is 0.333. The Labute approximate surface area is 171 Å². The van der Waals surface area contributed by atoms with E-state index < -0.39 is 11.6 Å². The Morgan fingerprint density at radius 3 is 2.76 bits per heavy atom. The molecular weight excluding hydrogens is 396 g/mol. The van der Waals surface area contributed by atoms with Gasteiger partial charge in [-0.3, -0.25) is 4.79 Å². The SMILES string of the molecule is COc1ccc2nc(N3CCC(C(=O)NCc4ccc(F)cc4F)CC3)sc2c1. The van der Waals surface area contributed by atoms with Crippen molar-refractivity contribution >= 4 is 32.6 Å². The highest BCUT2D eigenvalue weighted by atomic mass is 32.1. The maximum atomic E-state index is 13.7. The van der Waals surface area contributed by atoms with Crippen molar-refractivity contribution in [2.75, 3.05) is 25.1 Å². The first-order chi connectivity index (χ1) is 14.0. The molecule has 1 aliphatic rings. The summed E-state index contributed by atoms with van der Waals surface area (Å²) in [6.45, 7) is 1.53. The number of fused-ring (bicyclic) bond motifs is 1. The first-order valence-electron chi connectivity index (χ1n) is 9.44. The number of halogens is 2. The average Bonchev–Trinajstić information content (AvgIpc) is 3.16. The van der Waals surface area contributed by atoms with Gasteiger partial charge in [-0.25, -0.2) is 13.8 Å². The van der Waals surface area contributed by atoms with Gasteiger partial charge >= 0.3 is 0 Å². The van der Waals surface area contributed by atoms with E-state index >= 15 is 0 Å². The second-order valence-electron chi connectivity index (χ2n) is 7.04. The van der Waals surface area contributed by atoms with Crippen molar-refractivity contribution in [2.24, 2.45) is 5.92 Å². The van der Waals surface area contributed by atoms with Crippen LogP contribution in [-0.2, 0) is 11.3 Å². The van der Waals surface area contributed by atoms with Gasteiger partial charge in [-0.2, -0.15) is 0 Å².